The van der Waals surface area contributed by atoms with E-state index in [1.807, 2.05) is 24.3 Å². The minimum Gasteiger partial charge on any atom is -0.491 e. The predicted octanol–water partition coefficient (Wildman–Crippen LogP) is 0.519. The molecule has 1 aromatic heterocycles. The number of ether oxygens (including phenoxy) is 1. The van der Waals surface area contributed by atoms with Crippen LogP contribution < -0.4 is 10.1 Å². The van der Waals surface area contributed by atoms with Crippen molar-refractivity contribution in [2.75, 3.05) is 19.7 Å². The van der Waals surface area contributed by atoms with Crippen LogP contribution in [0.4, 0.5) is 0 Å². The number of hydrogen-bond acceptors (Lipinski definition) is 6. The Morgan fingerprint density at radius 1 is 1.29 bits per heavy atom. The Hall–Kier alpha value is -2.48. The molecule has 1 N–H and O–H groups in total. The van der Waals surface area contributed by atoms with Crippen LogP contribution in [0.3, 0.4) is 0 Å². The summed E-state index contributed by atoms with van der Waals surface area (Å²) in [7, 11) is 0. The molecule has 4 rings (SSSR count). The number of rotatable bonds is 5. The number of carbonyl (C=O) groups is 1. The number of carbonyl (C=O) groups excluding carboxylic acids is 1. The number of tetrazole rings is 1. The van der Waals surface area contributed by atoms with Crippen molar-refractivity contribution in [1.82, 2.24) is 30.4 Å². The van der Waals surface area contributed by atoms with Crippen LogP contribution in [-0.2, 0) is 17.9 Å². The van der Waals surface area contributed by atoms with Crippen LogP contribution in [0.5, 0.6) is 5.75 Å². The molecule has 0 spiro atoms. The first kappa shape index (κ1) is 15.1. The number of fused-ring (bicyclic) bond motifs is 1. The van der Waals surface area contributed by atoms with Crippen molar-refractivity contribution in [2.24, 2.45) is 0 Å². The van der Waals surface area contributed by atoms with Crippen LogP contribution in [0, 0.1) is 0 Å². The summed E-state index contributed by atoms with van der Waals surface area (Å²) in [5.74, 6) is 1.45. The van der Waals surface area contributed by atoms with Crippen molar-refractivity contribution in [3.8, 4) is 5.75 Å². The van der Waals surface area contributed by atoms with Gasteiger partial charge < -0.3 is 10.1 Å². The molecule has 2 aliphatic heterocycles. The van der Waals surface area contributed by atoms with E-state index >= 15 is 0 Å². The molecule has 1 amide bonds. The van der Waals surface area contributed by atoms with Gasteiger partial charge in [0, 0.05) is 5.56 Å². The first-order chi connectivity index (χ1) is 11.8. The van der Waals surface area contributed by atoms with Crippen LogP contribution in [-0.4, -0.2) is 50.7 Å². The van der Waals surface area contributed by atoms with E-state index in [1.165, 1.54) is 12.8 Å². The number of nitrogens with zero attached hydrogens (tertiary/aromatic N) is 5. The number of para-hydroxylation sites is 1. The second-order valence-corrected chi connectivity index (χ2v) is 6.20. The Morgan fingerprint density at radius 2 is 2.12 bits per heavy atom. The summed E-state index contributed by atoms with van der Waals surface area (Å²) in [5.41, 5.74) is 1.01. The molecule has 1 atom stereocenters. The molecule has 126 valence electrons. The van der Waals surface area contributed by atoms with Gasteiger partial charge in [-0.15, -0.1) is 5.10 Å². The van der Waals surface area contributed by atoms with Crippen LogP contribution in [0.1, 0.15) is 30.3 Å². The maximum Gasteiger partial charge on any atom is 0.242 e. The van der Waals surface area contributed by atoms with Gasteiger partial charge in [0.05, 0.1) is 12.6 Å². The summed E-state index contributed by atoms with van der Waals surface area (Å²) < 4.78 is 7.17. The Morgan fingerprint density at radius 3 is 3.00 bits per heavy atom. The van der Waals surface area contributed by atoms with Crippen molar-refractivity contribution in [1.29, 1.82) is 0 Å². The molecule has 0 aliphatic carbocycles. The molecule has 3 heterocycles. The van der Waals surface area contributed by atoms with Gasteiger partial charge in [-0.1, -0.05) is 18.2 Å². The quantitative estimate of drug-likeness (QED) is 0.861. The molecule has 0 saturated carbocycles. The zero-order chi connectivity index (χ0) is 16.4. The van der Waals surface area contributed by atoms with Gasteiger partial charge in [-0.3, -0.25) is 9.69 Å². The number of likely N-dealkylation sites (tertiary alicyclic amines) is 1. The maximum atomic E-state index is 12.4. The standard InChI is InChI=1S/C16H20N6O2/c23-16(17-13-11-24-14-6-2-1-5-12(13)14)10-22-15(18-19-20-22)9-21-7-3-4-8-21/h1-2,5-6,13H,3-4,7-11H2,(H,17,23)/t13-/m0/s1. The summed E-state index contributed by atoms with van der Waals surface area (Å²) in [6.07, 6.45) is 2.42. The highest BCUT2D eigenvalue weighted by Gasteiger charge is 2.25. The molecule has 24 heavy (non-hydrogen) atoms. The molecular weight excluding hydrogens is 308 g/mol. The van der Waals surface area contributed by atoms with Crippen LogP contribution in [0.2, 0.25) is 0 Å². The Labute approximate surface area is 139 Å². The van der Waals surface area contributed by atoms with Gasteiger partial charge in [0.2, 0.25) is 5.91 Å². The summed E-state index contributed by atoms with van der Waals surface area (Å²) in [6.45, 7) is 3.40. The molecule has 0 unspecified atom stereocenters. The lowest BCUT2D eigenvalue weighted by Crippen LogP contribution is -2.33. The Kier molecular flexibility index (Phi) is 4.12. The highest BCUT2D eigenvalue weighted by molar-refractivity contribution is 5.76. The van der Waals surface area contributed by atoms with Gasteiger partial charge >= 0.3 is 0 Å². The van der Waals surface area contributed by atoms with Crippen LogP contribution in [0.25, 0.3) is 0 Å². The fraction of sp³-hybridized carbons (Fsp3) is 0.500. The normalized spacial score (nSPS) is 19.9. The number of aromatic nitrogens is 4. The minimum absolute atomic E-state index is 0.115. The van der Waals surface area contributed by atoms with E-state index in [-0.39, 0.29) is 18.5 Å². The molecular formula is C16H20N6O2. The third-order valence-corrected chi connectivity index (χ3v) is 4.50. The highest BCUT2D eigenvalue weighted by atomic mass is 16.5. The first-order valence-corrected chi connectivity index (χ1v) is 8.28. The number of hydrogen-bond donors (Lipinski definition) is 1. The second kappa shape index (κ2) is 6.56. The summed E-state index contributed by atoms with van der Waals surface area (Å²) in [5, 5.41) is 14.7. The number of amides is 1. The average molecular weight is 328 g/mol. The fourth-order valence-electron chi connectivity index (χ4n) is 3.26. The smallest absolute Gasteiger partial charge is 0.242 e. The van der Waals surface area contributed by atoms with E-state index in [1.54, 1.807) is 4.68 Å². The van der Waals surface area contributed by atoms with Crippen molar-refractivity contribution in [3.63, 3.8) is 0 Å². The molecule has 2 aromatic rings. The van der Waals surface area contributed by atoms with E-state index in [0.717, 1.165) is 30.2 Å². The molecule has 2 aliphatic rings. The van der Waals surface area contributed by atoms with Gasteiger partial charge in [0.1, 0.15) is 18.9 Å². The average Bonchev–Trinajstić information content (AvgIpc) is 3.31. The summed E-state index contributed by atoms with van der Waals surface area (Å²) in [6, 6.07) is 7.64. The second-order valence-electron chi connectivity index (χ2n) is 6.20. The van der Waals surface area contributed by atoms with Crippen LogP contribution >= 0.6 is 0 Å². The van der Waals surface area contributed by atoms with Crippen molar-refractivity contribution in [2.45, 2.75) is 32.0 Å². The van der Waals surface area contributed by atoms with Gasteiger partial charge in [-0.2, -0.15) is 0 Å². The minimum atomic E-state index is -0.118. The largest absolute Gasteiger partial charge is 0.491 e. The molecule has 8 heteroatoms. The van der Waals surface area contributed by atoms with E-state index in [4.69, 9.17) is 4.74 Å². The third kappa shape index (κ3) is 3.09. The summed E-state index contributed by atoms with van der Waals surface area (Å²) in [4.78, 5) is 14.7. The lowest BCUT2D eigenvalue weighted by atomic mass is 10.1. The fourth-order valence-corrected chi connectivity index (χ4v) is 3.26. The maximum absolute atomic E-state index is 12.4. The highest BCUT2D eigenvalue weighted by Crippen LogP contribution is 2.31. The molecule has 0 radical (unpaired) electrons. The molecule has 1 saturated heterocycles. The van der Waals surface area contributed by atoms with E-state index < -0.39 is 0 Å². The first-order valence-electron chi connectivity index (χ1n) is 8.28. The predicted molar refractivity (Wildman–Crippen MR) is 85.1 cm³/mol. The molecule has 8 nitrogen and oxygen atoms in total. The van der Waals surface area contributed by atoms with E-state index in [0.29, 0.717) is 13.2 Å². The Bertz CT molecular complexity index is 725. The monoisotopic (exact) mass is 328 g/mol. The number of benzene rings is 1. The summed E-state index contributed by atoms with van der Waals surface area (Å²) >= 11 is 0. The van der Waals surface area contributed by atoms with Crippen LogP contribution in [0.15, 0.2) is 24.3 Å². The molecule has 1 fully saturated rings. The van der Waals surface area contributed by atoms with Gasteiger partial charge in [0.25, 0.3) is 0 Å². The van der Waals surface area contributed by atoms with Gasteiger partial charge in [-0.05, 0) is 42.4 Å². The van der Waals surface area contributed by atoms with Crippen molar-refractivity contribution in [3.05, 3.63) is 35.7 Å². The Balaban J connectivity index is 1.38. The van der Waals surface area contributed by atoms with E-state index in [9.17, 15) is 4.79 Å². The lowest BCUT2D eigenvalue weighted by molar-refractivity contribution is -0.122. The molecule has 0 bridgehead atoms. The van der Waals surface area contributed by atoms with Crippen molar-refractivity contribution < 1.29 is 9.53 Å². The molecule has 1 aromatic carbocycles. The SMILES string of the molecule is O=C(Cn1nnnc1CN1CCCC1)N[C@H]1COc2ccccc21. The zero-order valence-electron chi connectivity index (χ0n) is 13.4. The third-order valence-electron chi connectivity index (χ3n) is 4.50. The number of nitrogens with one attached hydrogen (secondary N) is 1. The van der Waals surface area contributed by atoms with E-state index in [2.05, 4.69) is 25.7 Å². The topological polar surface area (TPSA) is 85.2 Å². The zero-order valence-corrected chi connectivity index (χ0v) is 13.4. The lowest BCUT2D eigenvalue weighted by Gasteiger charge is -2.15. The van der Waals surface area contributed by atoms with Crippen molar-refractivity contribution >= 4 is 5.91 Å². The van der Waals surface area contributed by atoms with Gasteiger partial charge in [-0.25, -0.2) is 4.68 Å². The van der Waals surface area contributed by atoms with Gasteiger partial charge in [0.15, 0.2) is 5.82 Å².